The van der Waals surface area contributed by atoms with Crippen LogP contribution in [-0.2, 0) is 0 Å². The van der Waals surface area contributed by atoms with Crippen LogP contribution in [0.4, 0.5) is 0 Å². The minimum Gasteiger partial charge on any atom is -0.309 e. The zero-order valence-corrected chi connectivity index (χ0v) is 27.7. The lowest BCUT2D eigenvalue weighted by atomic mass is 10.0. The summed E-state index contributed by atoms with van der Waals surface area (Å²) in [4.78, 5) is 0. The van der Waals surface area contributed by atoms with Gasteiger partial charge in [0, 0.05) is 49.4 Å². The summed E-state index contributed by atoms with van der Waals surface area (Å²) in [6.07, 6.45) is 0. The van der Waals surface area contributed by atoms with Gasteiger partial charge in [-0.25, -0.2) is 0 Å². The van der Waals surface area contributed by atoms with Crippen molar-refractivity contribution < 1.29 is 0 Å². The summed E-state index contributed by atoms with van der Waals surface area (Å²) in [7, 11) is 0. The smallest absolute Gasteiger partial charge is 0.0788 e. The van der Waals surface area contributed by atoms with Gasteiger partial charge in [0.2, 0.25) is 0 Å². The minimum absolute atomic E-state index is 1.14. The fourth-order valence-corrected chi connectivity index (χ4v) is 8.42. The molecule has 3 heteroatoms. The molecule has 51 heavy (non-hydrogen) atoms. The summed E-state index contributed by atoms with van der Waals surface area (Å²) in [6.45, 7) is 0. The van der Waals surface area contributed by atoms with Crippen molar-refractivity contribution in [1.82, 2.24) is 13.7 Å². The number of hydrogen-bond donors (Lipinski definition) is 0. The molecule has 3 nitrogen and oxygen atoms in total. The minimum atomic E-state index is 1.14. The predicted molar refractivity (Wildman–Crippen MR) is 215 cm³/mol. The highest BCUT2D eigenvalue weighted by molar-refractivity contribution is 6.23. The molecular weight excluding hydrogens is 619 g/mol. The van der Waals surface area contributed by atoms with Crippen molar-refractivity contribution in [3.8, 4) is 28.2 Å². The first-order valence-electron chi connectivity index (χ1n) is 17.5. The van der Waals surface area contributed by atoms with Crippen molar-refractivity contribution in [3.05, 3.63) is 188 Å². The molecule has 0 amide bonds. The summed E-state index contributed by atoms with van der Waals surface area (Å²) < 4.78 is 7.28. The molecule has 0 atom stereocenters. The van der Waals surface area contributed by atoms with E-state index in [0.717, 1.165) is 11.4 Å². The Kier molecular flexibility index (Phi) is 5.96. The van der Waals surface area contributed by atoms with Crippen LogP contribution in [-0.4, -0.2) is 13.7 Å². The highest BCUT2D eigenvalue weighted by Gasteiger charge is 2.21. The van der Waals surface area contributed by atoms with Crippen molar-refractivity contribution >= 4 is 65.4 Å². The second-order valence-electron chi connectivity index (χ2n) is 13.4. The van der Waals surface area contributed by atoms with Crippen LogP contribution < -0.4 is 0 Å². The Morgan fingerprint density at radius 1 is 0.235 bits per heavy atom. The van der Waals surface area contributed by atoms with E-state index in [2.05, 4.69) is 202 Å². The molecule has 0 aliphatic heterocycles. The van der Waals surface area contributed by atoms with Crippen LogP contribution in [0.1, 0.15) is 0 Å². The highest BCUT2D eigenvalue weighted by Crippen LogP contribution is 2.42. The first-order valence-corrected chi connectivity index (χ1v) is 17.5. The molecule has 238 valence electrons. The molecular formula is C48H31N3. The summed E-state index contributed by atoms with van der Waals surface area (Å²) in [5, 5.41) is 7.54. The third kappa shape index (κ3) is 4.06. The zero-order valence-electron chi connectivity index (χ0n) is 27.7. The second kappa shape index (κ2) is 10.8. The van der Waals surface area contributed by atoms with E-state index in [0.29, 0.717) is 0 Å². The van der Waals surface area contributed by atoms with Gasteiger partial charge in [-0.1, -0.05) is 121 Å². The zero-order chi connectivity index (χ0) is 33.5. The average Bonchev–Trinajstić information content (AvgIpc) is 3.84. The number of nitrogens with zero attached hydrogens (tertiary/aromatic N) is 3. The summed E-state index contributed by atoms with van der Waals surface area (Å²) >= 11 is 0. The molecule has 8 aromatic carbocycles. The fourth-order valence-electron chi connectivity index (χ4n) is 8.42. The molecule has 0 N–H and O–H groups in total. The number of para-hydroxylation sites is 5. The lowest BCUT2D eigenvalue weighted by Crippen LogP contribution is -1.98. The van der Waals surface area contributed by atoms with Crippen LogP contribution in [0.5, 0.6) is 0 Å². The maximum atomic E-state index is 2.46. The second-order valence-corrected chi connectivity index (χ2v) is 13.4. The number of hydrogen-bond acceptors (Lipinski definition) is 0. The summed E-state index contributed by atoms with van der Waals surface area (Å²) in [5.41, 5.74) is 13.2. The van der Waals surface area contributed by atoms with E-state index in [1.165, 1.54) is 82.2 Å². The first kappa shape index (κ1) is 28.0. The van der Waals surface area contributed by atoms with Gasteiger partial charge in [0.25, 0.3) is 0 Å². The molecule has 3 heterocycles. The van der Waals surface area contributed by atoms with Gasteiger partial charge in [-0.2, -0.15) is 0 Å². The maximum absolute atomic E-state index is 2.46. The predicted octanol–water partition coefficient (Wildman–Crippen LogP) is 12.6. The molecule has 0 saturated heterocycles. The molecule has 0 fully saturated rings. The Morgan fingerprint density at radius 2 is 0.627 bits per heavy atom. The van der Waals surface area contributed by atoms with Gasteiger partial charge in [-0.05, 0) is 77.9 Å². The van der Waals surface area contributed by atoms with E-state index < -0.39 is 0 Å². The first-order chi connectivity index (χ1) is 25.3. The Bertz CT molecular complexity index is 3110. The average molecular weight is 650 g/mol. The van der Waals surface area contributed by atoms with Crippen molar-refractivity contribution in [2.75, 3.05) is 0 Å². The topological polar surface area (TPSA) is 14.8 Å². The quantitative estimate of drug-likeness (QED) is 0.180. The largest absolute Gasteiger partial charge is 0.309 e. The van der Waals surface area contributed by atoms with Crippen LogP contribution in [0.15, 0.2) is 188 Å². The van der Waals surface area contributed by atoms with Crippen LogP contribution in [0.2, 0.25) is 0 Å². The van der Waals surface area contributed by atoms with Gasteiger partial charge in [0.1, 0.15) is 0 Å². The van der Waals surface area contributed by atoms with Crippen LogP contribution >= 0.6 is 0 Å². The van der Waals surface area contributed by atoms with E-state index in [1.54, 1.807) is 0 Å². The lowest BCUT2D eigenvalue weighted by molar-refractivity contribution is 1.15. The molecule has 0 radical (unpaired) electrons. The monoisotopic (exact) mass is 649 g/mol. The third-order valence-corrected chi connectivity index (χ3v) is 10.6. The van der Waals surface area contributed by atoms with Crippen molar-refractivity contribution in [2.24, 2.45) is 0 Å². The maximum Gasteiger partial charge on any atom is 0.0788 e. The normalized spacial score (nSPS) is 11.9. The van der Waals surface area contributed by atoms with Crippen molar-refractivity contribution in [1.29, 1.82) is 0 Å². The number of aromatic nitrogens is 3. The Balaban J connectivity index is 1.13. The van der Waals surface area contributed by atoms with Gasteiger partial charge in [-0.3, -0.25) is 0 Å². The number of benzene rings is 8. The van der Waals surface area contributed by atoms with E-state index in [-0.39, 0.29) is 0 Å². The lowest BCUT2D eigenvalue weighted by Gasteiger charge is -2.13. The highest BCUT2D eigenvalue weighted by atomic mass is 15.0. The molecule has 11 rings (SSSR count). The van der Waals surface area contributed by atoms with E-state index >= 15 is 0 Å². The van der Waals surface area contributed by atoms with Crippen molar-refractivity contribution in [3.63, 3.8) is 0 Å². The van der Waals surface area contributed by atoms with Gasteiger partial charge in [-0.15, -0.1) is 0 Å². The van der Waals surface area contributed by atoms with Gasteiger partial charge < -0.3 is 13.7 Å². The molecule has 3 aromatic heterocycles. The third-order valence-electron chi connectivity index (χ3n) is 10.6. The standard InChI is InChI=1S/C48H31N3/c1-3-13-34(14-4-1)49-43-20-10-9-19-39(43)42-31-33(25-30-46(42)49)32-23-26-36(27-24-32)51-45-22-12-8-18-38(45)41-29-28-40-37-17-7-11-21-44(37)50(47(40)48(41)51)35-15-5-2-6-16-35/h1-31H. The molecule has 0 unspecified atom stereocenters. The molecule has 0 bridgehead atoms. The number of fused-ring (bicyclic) bond motifs is 10. The number of rotatable bonds is 4. The Morgan fingerprint density at radius 3 is 1.18 bits per heavy atom. The SMILES string of the molecule is c1ccc(-n2c3ccccc3c3cc(-c4ccc(-n5c6ccccc6c6ccc7c8ccccc8n(-c8ccccc8)c7c65)cc4)ccc32)cc1. The summed E-state index contributed by atoms with van der Waals surface area (Å²) in [5.74, 6) is 0. The Labute approximate surface area is 294 Å². The van der Waals surface area contributed by atoms with E-state index in [9.17, 15) is 0 Å². The van der Waals surface area contributed by atoms with Gasteiger partial charge >= 0.3 is 0 Å². The van der Waals surface area contributed by atoms with Gasteiger partial charge in [0.15, 0.2) is 0 Å². The molecule has 0 spiro atoms. The Hall–Kier alpha value is -6.84. The molecule has 11 aromatic rings. The molecule has 0 aliphatic rings. The van der Waals surface area contributed by atoms with Crippen LogP contribution in [0.25, 0.3) is 93.6 Å². The van der Waals surface area contributed by atoms with E-state index in [1.807, 2.05) is 0 Å². The van der Waals surface area contributed by atoms with Crippen LogP contribution in [0.3, 0.4) is 0 Å². The summed E-state index contributed by atoms with van der Waals surface area (Å²) in [6, 6.07) is 68.4. The van der Waals surface area contributed by atoms with Crippen molar-refractivity contribution in [2.45, 2.75) is 0 Å². The van der Waals surface area contributed by atoms with Gasteiger partial charge in [0.05, 0.1) is 33.1 Å². The fraction of sp³-hybridized carbons (Fsp3) is 0. The molecule has 0 aliphatic carbocycles. The van der Waals surface area contributed by atoms with E-state index in [4.69, 9.17) is 0 Å². The van der Waals surface area contributed by atoms with Crippen LogP contribution in [0, 0.1) is 0 Å². The molecule has 0 saturated carbocycles.